The highest BCUT2D eigenvalue weighted by Gasteiger charge is 2.28. The van der Waals surface area contributed by atoms with Gasteiger partial charge in [0, 0.05) is 73.2 Å². The van der Waals surface area contributed by atoms with Gasteiger partial charge in [-0.1, -0.05) is 12.1 Å². The third-order valence-electron chi connectivity index (χ3n) is 8.80. The molecule has 4 heterocycles. The van der Waals surface area contributed by atoms with Crippen LogP contribution in [0.3, 0.4) is 0 Å². The van der Waals surface area contributed by atoms with Gasteiger partial charge in [0.15, 0.2) is 12.5 Å². The minimum Gasteiger partial charge on any atom is -0.438 e. The van der Waals surface area contributed by atoms with E-state index < -0.39 is 44.4 Å². The third kappa shape index (κ3) is 7.74. The number of carbonyl (C=O) groups excluding carboxylic acids is 2. The molecule has 258 valence electrons. The molecule has 6 N–H and O–H groups in total. The Bertz CT molecular complexity index is 1880. The number of H-pyrrole nitrogens is 2. The molecule has 0 saturated carbocycles. The van der Waals surface area contributed by atoms with Crippen molar-refractivity contribution in [3.05, 3.63) is 71.0 Å². The molecule has 0 bridgehead atoms. The average molecular weight is 701 g/mol. The third-order valence-corrected chi connectivity index (χ3v) is 12.5. The Morgan fingerprint density at radius 1 is 0.667 bits per heavy atom. The van der Waals surface area contributed by atoms with Gasteiger partial charge in [-0.15, -0.1) is 0 Å². The first-order valence-electron chi connectivity index (χ1n) is 15.9. The lowest BCUT2D eigenvalue weighted by Gasteiger charge is -2.16. The number of benzene rings is 2. The number of rotatable bonds is 12. The number of sulfonamides is 2. The number of nitrogens with zero attached hydrogens (tertiary/aromatic N) is 2. The van der Waals surface area contributed by atoms with Gasteiger partial charge in [-0.25, -0.2) is 35.0 Å². The number of nitrogens with one attached hydrogen (secondary N) is 2. The minimum absolute atomic E-state index is 0.0541. The van der Waals surface area contributed by atoms with Crippen molar-refractivity contribution >= 4 is 53.8 Å². The monoisotopic (exact) mass is 700 g/mol. The largest absolute Gasteiger partial charge is 0.438 e. The summed E-state index contributed by atoms with van der Waals surface area (Å²) in [6.45, 7) is 2.13. The predicted octanol–water partition coefficient (Wildman–Crippen LogP) is 1.94. The van der Waals surface area contributed by atoms with E-state index in [-0.39, 0.29) is 24.3 Å². The zero-order valence-corrected chi connectivity index (χ0v) is 28.0. The van der Waals surface area contributed by atoms with Crippen LogP contribution in [0, 0.1) is 0 Å². The second-order valence-corrected chi connectivity index (χ2v) is 16.3. The summed E-state index contributed by atoms with van der Waals surface area (Å²) >= 11 is 0. The summed E-state index contributed by atoms with van der Waals surface area (Å²) in [4.78, 5) is 31.3. The van der Waals surface area contributed by atoms with Crippen LogP contribution in [0.4, 0.5) is 0 Å². The van der Waals surface area contributed by atoms with Crippen LogP contribution in [0.25, 0.3) is 21.8 Å². The molecule has 2 aromatic carbocycles. The van der Waals surface area contributed by atoms with Crippen molar-refractivity contribution < 1.29 is 35.9 Å². The molecule has 6 rings (SSSR count). The number of hydrogen-bond acceptors (Lipinski definition) is 10. The van der Waals surface area contributed by atoms with Gasteiger partial charge in [-0.3, -0.25) is 11.5 Å². The summed E-state index contributed by atoms with van der Waals surface area (Å²) in [5.74, 6) is -2.85. The van der Waals surface area contributed by atoms with Gasteiger partial charge in [-0.2, -0.15) is 0 Å². The summed E-state index contributed by atoms with van der Waals surface area (Å²) in [6, 6.07) is 10.6. The van der Waals surface area contributed by atoms with Crippen LogP contribution >= 0.6 is 0 Å². The van der Waals surface area contributed by atoms with Gasteiger partial charge in [0.25, 0.3) is 0 Å². The second-order valence-electron chi connectivity index (χ2n) is 12.4. The van der Waals surface area contributed by atoms with Crippen LogP contribution in [0.15, 0.2) is 48.8 Å². The smallest absolute Gasteiger partial charge is 0.419 e. The molecule has 2 fully saturated rings. The van der Waals surface area contributed by atoms with Gasteiger partial charge in [0.05, 0.1) is 11.5 Å². The standard InChI is InChI=1S/C32H40N6O8S2/c33-29(15-23-17-35-27-7-5-21(13-25(23)27)19-47(41,42)37-9-1-2-10-37)45-31(39)32(40)46-30(34)16-24-18-36-28-8-6-22(14-26(24)28)20-48(43,44)38-11-3-4-12-38/h5-8,13-14,17-18,29-30,35-36H,1-4,9-12,15-16,19-20,33-34H2. The number of esters is 2. The van der Waals surface area contributed by atoms with Gasteiger partial charge in [-0.05, 0) is 72.2 Å². The Kier molecular flexibility index (Phi) is 9.92. The van der Waals surface area contributed by atoms with E-state index in [9.17, 15) is 26.4 Å². The topological polar surface area (TPSA) is 211 Å². The van der Waals surface area contributed by atoms with Crippen LogP contribution in [-0.4, -0.2) is 86.0 Å². The zero-order valence-electron chi connectivity index (χ0n) is 26.4. The fourth-order valence-electron chi connectivity index (χ4n) is 6.39. The Balaban J connectivity index is 1.03. The van der Waals surface area contributed by atoms with Crippen molar-refractivity contribution in [3.63, 3.8) is 0 Å². The number of nitrogens with two attached hydrogens (primary N) is 2. The minimum atomic E-state index is -3.43. The van der Waals surface area contributed by atoms with E-state index >= 15 is 0 Å². The molecule has 14 nitrogen and oxygen atoms in total. The van der Waals surface area contributed by atoms with E-state index in [0.29, 0.717) is 48.4 Å². The molecular weight excluding hydrogens is 661 g/mol. The lowest BCUT2D eigenvalue weighted by molar-refractivity contribution is -0.173. The number of carbonyl (C=O) groups is 2. The molecule has 0 aliphatic carbocycles. The number of aromatic nitrogens is 2. The van der Waals surface area contributed by atoms with Crippen molar-refractivity contribution in [2.75, 3.05) is 26.2 Å². The Morgan fingerprint density at radius 2 is 1.04 bits per heavy atom. The highest BCUT2D eigenvalue weighted by atomic mass is 32.2. The van der Waals surface area contributed by atoms with Crippen molar-refractivity contribution in [3.8, 4) is 0 Å². The van der Waals surface area contributed by atoms with E-state index in [1.165, 1.54) is 8.61 Å². The molecule has 4 aromatic rings. The Hall–Kier alpha value is -3.80. The summed E-state index contributed by atoms with van der Waals surface area (Å²) in [5.41, 5.74) is 16.3. The molecule has 2 aromatic heterocycles. The molecule has 16 heteroatoms. The van der Waals surface area contributed by atoms with Crippen LogP contribution < -0.4 is 11.5 Å². The highest BCUT2D eigenvalue weighted by molar-refractivity contribution is 7.88. The summed E-state index contributed by atoms with van der Waals surface area (Å²) in [7, 11) is -6.87. The van der Waals surface area contributed by atoms with Crippen molar-refractivity contribution in [1.29, 1.82) is 0 Å². The lowest BCUT2D eigenvalue weighted by Crippen LogP contribution is -2.37. The first-order valence-corrected chi connectivity index (χ1v) is 19.2. The molecule has 2 saturated heterocycles. The molecule has 48 heavy (non-hydrogen) atoms. The van der Waals surface area contributed by atoms with Crippen molar-refractivity contribution in [1.82, 2.24) is 18.6 Å². The highest BCUT2D eigenvalue weighted by Crippen LogP contribution is 2.26. The van der Waals surface area contributed by atoms with Gasteiger partial charge >= 0.3 is 11.9 Å². The molecule has 0 radical (unpaired) electrons. The first kappa shape index (κ1) is 34.1. The van der Waals surface area contributed by atoms with E-state index in [2.05, 4.69) is 9.97 Å². The maximum Gasteiger partial charge on any atom is 0.419 e. The van der Waals surface area contributed by atoms with E-state index in [4.69, 9.17) is 20.9 Å². The SMILES string of the molecule is NC(Cc1c[nH]c2ccc(CS(=O)(=O)N3CCCC3)cc12)OC(=O)C(=O)OC(N)Cc1c[nH]c2ccc(CS(=O)(=O)N3CCCC3)cc12. The summed E-state index contributed by atoms with van der Waals surface area (Å²) in [5, 5.41) is 1.46. The molecule has 2 atom stereocenters. The number of ether oxygens (including phenoxy) is 2. The van der Waals surface area contributed by atoms with Crippen LogP contribution in [0.2, 0.25) is 0 Å². The zero-order chi connectivity index (χ0) is 34.1. The molecule has 2 unspecified atom stereocenters. The quantitative estimate of drug-likeness (QED) is 0.0958. The molecule has 2 aliphatic rings. The maximum absolute atomic E-state index is 12.8. The van der Waals surface area contributed by atoms with Crippen LogP contribution in [0.5, 0.6) is 0 Å². The van der Waals surface area contributed by atoms with E-state index in [1.54, 1.807) is 48.8 Å². The average Bonchev–Trinajstić information content (AvgIpc) is 3.85. The van der Waals surface area contributed by atoms with Gasteiger partial charge < -0.3 is 19.4 Å². The van der Waals surface area contributed by atoms with Crippen LogP contribution in [-0.2, 0) is 63.5 Å². The Labute approximate surface area is 278 Å². The lowest BCUT2D eigenvalue weighted by atomic mass is 10.1. The first-order chi connectivity index (χ1) is 22.9. The summed E-state index contributed by atoms with van der Waals surface area (Å²) < 4.78 is 64.6. The number of fused-ring (bicyclic) bond motifs is 2. The molecule has 0 amide bonds. The number of hydrogen-bond donors (Lipinski definition) is 4. The van der Waals surface area contributed by atoms with Crippen molar-refractivity contribution in [2.24, 2.45) is 11.5 Å². The van der Waals surface area contributed by atoms with E-state index in [0.717, 1.165) is 47.5 Å². The fraction of sp³-hybridized carbons (Fsp3) is 0.438. The normalized spacial score (nSPS) is 17.6. The Morgan fingerprint density at radius 3 is 1.42 bits per heavy atom. The maximum atomic E-state index is 12.8. The molecular formula is C32H40N6O8S2. The molecule has 2 aliphatic heterocycles. The van der Waals surface area contributed by atoms with E-state index in [1.807, 2.05) is 0 Å². The van der Waals surface area contributed by atoms with Crippen LogP contribution in [0.1, 0.15) is 47.9 Å². The van der Waals surface area contributed by atoms with Gasteiger partial charge in [0.2, 0.25) is 20.0 Å². The van der Waals surface area contributed by atoms with Gasteiger partial charge in [0.1, 0.15) is 0 Å². The molecule has 0 spiro atoms. The fourth-order valence-corrected chi connectivity index (χ4v) is 9.59. The summed E-state index contributed by atoms with van der Waals surface area (Å²) in [6.07, 6.45) is 4.54. The number of aromatic amines is 2. The second kappa shape index (κ2) is 14.0. The predicted molar refractivity (Wildman–Crippen MR) is 179 cm³/mol. The van der Waals surface area contributed by atoms with Crippen molar-refractivity contribution in [2.45, 2.75) is 62.5 Å².